The lowest BCUT2D eigenvalue weighted by Gasteiger charge is -2.14. The topological polar surface area (TPSA) is 119 Å². The predicted molar refractivity (Wildman–Crippen MR) is 96.0 cm³/mol. The molecule has 9 heteroatoms. The molecule has 2 N–H and O–H groups in total. The van der Waals surface area contributed by atoms with E-state index in [1.807, 2.05) is 29.7 Å². The number of benzene rings is 1. The number of nitrogens with one attached hydrogen (secondary N) is 1. The van der Waals surface area contributed by atoms with Crippen LogP contribution < -0.4 is 10.7 Å². The van der Waals surface area contributed by atoms with Crippen LogP contribution in [-0.4, -0.2) is 36.8 Å². The first-order valence-corrected chi connectivity index (χ1v) is 7.72. The minimum absolute atomic E-state index is 0.0429. The lowest BCUT2D eigenvalue weighted by atomic mass is 10.2. The van der Waals surface area contributed by atoms with Crippen LogP contribution in [0.15, 0.2) is 35.1 Å². The number of aromatic nitrogens is 4. The molecule has 1 amide bonds. The fraction of sp³-hybridized carbons (Fsp3) is 0.235. The van der Waals surface area contributed by atoms with Crippen molar-refractivity contribution in [3.63, 3.8) is 0 Å². The second kappa shape index (κ2) is 8.06. The van der Waals surface area contributed by atoms with Crippen molar-refractivity contribution in [1.29, 1.82) is 0 Å². The molecule has 0 fully saturated rings. The molecule has 0 saturated heterocycles. The Morgan fingerprint density at radius 1 is 1.31 bits per heavy atom. The van der Waals surface area contributed by atoms with Crippen molar-refractivity contribution in [2.24, 2.45) is 7.05 Å². The summed E-state index contributed by atoms with van der Waals surface area (Å²) in [6.45, 7) is 3.42. The first-order valence-electron chi connectivity index (χ1n) is 7.72. The van der Waals surface area contributed by atoms with E-state index in [0.29, 0.717) is 17.2 Å². The molecule has 3 aromatic rings. The van der Waals surface area contributed by atoms with Gasteiger partial charge >= 0.3 is 0 Å². The molecule has 136 valence electrons. The molecule has 3 rings (SSSR count). The van der Waals surface area contributed by atoms with E-state index in [2.05, 4.69) is 15.4 Å². The van der Waals surface area contributed by atoms with Crippen LogP contribution in [0.4, 0.5) is 5.95 Å². The van der Waals surface area contributed by atoms with E-state index in [4.69, 9.17) is 9.90 Å². The molecule has 0 unspecified atom stereocenters. The fourth-order valence-electron chi connectivity index (χ4n) is 2.59. The lowest BCUT2D eigenvalue weighted by Crippen LogP contribution is -2.23. The Morgan fingerprint density at radius 2 is 1.96 bits per heavy atom. The van der Waals surface area contributed by atoms with Crippen molar-refractivity contribution in [2.45, 2.75) is 20.4 Å². The summed E-state index contributed by atoms with van der Waals surface area (Å²) in [6.07, 6.45) is 0. The number of para-hydroxylation sites is 1. The largest absolute Gasteiger partial charge is 0.483 e. The molecule has 0 saturated carbocycles. The maximum atomic E-state index is 12.3. The fourth-order valence-corrected chi connectivity index (χ4v) is 2.59. The van der Waals surface area contributed by atoms with Crippen LogP contribution in [-0.2, 0) is 23.2 Å². The lowest BCUT2D eigenvalue weighted by molar-refractivity contribution is -0.123. The van der Waals surface area contributed by atoms with Crippen molar-refractivity contribution in [2.75, 3.05) is 5.32 Å². The highest BCUT2D eigenvalue weighted by molar-refractivity contribution is 5.90. The molecule has 26 heavy (non-hydrogen) atoms. The third-order valence-electron chi connectivity index (χ3n) is 3.65. The number of nitrogens with zero attached hydrogens (tertiary/aromatic N) is 4. The zero-order chi connectivity index (χ0) is 19.3. The van der Waals surface area contributed by atoms with Crippen LogP contribution in [0.1, 0.15) is 11.5 Å². The Morgan fingerprint density at radius 3 is 2.58 bits per heavy atom. The van der Waals surface area contributed by atoms with Gasteiger partial charge in [-0.05, 0) is 26.0 Å². The van der Waals surface area contributed by atoms with E-state index in [9.17, 15) is 9.59 Å². The van der Waals surface area contributed by atoms with Gasteiger partial charge in [-0.15, -0.1) is 0 Å². The van der Waals surface area contributed by atoms with Crippen molar-refractivity contribution in [3.05, 3.63) is 52.1 Å². The van der Waals surface area contributed by atoms with Gasteiger partial charge < -0.3 is 9.67 Å². The van der Waals surface area contributed by atoms with E-state index in [0.717, 1.165) is 11.2 Å². The Balaban J connectivity index is 0.000000758. The second-order valence-electron chi connectivity index (χ2n) is 5.51. The summed E-state index contributed by atoms with van der Waals surface area (Å²) in [7, 11) is 1.72. The van der Waals surface area contributed by atoms with Crippen LogP contribution in [0.3, 0.4) is 0 Å². The van der Waals surface area contributed by atoms with Crippen LogP contribution in [0, 0.1) is 13.8 Å². The van der Waals surface area contributed by atoms with Crippen molar-refractivity contribution < 1.29 is 14.7 Å². The molecular weight excluding hydrogens is 338 g/mol. The summed E-state index contributed by atoms with van der Waals surface area (Å²) < 4.78 is 3.33. The van der Waals surface area contributed by atoms with Crippen LogP contribution in [0.25, 0.3) is 10.9 Å². The first kappa shape index (κ1) is 18.8. The Labute approximate surface area is 148 Å². The van der Waals surface area contributed by atoms with Gasteiger partial charge in [0.25, 0.3) is 6.47 Å². The summed E-state index contributed by atoms with van der Waals surface area (Å²) in [5.74, 6) is 0.765. The Bertz CT molecular complexity index is 1010. The number of fused-ring (bicyclic) bond motifs is 1. The number of carboxylic acid groups (broad SMARTS) is 1. The molecule has 0 radical (unpaired) electrons. The predicted octanol–water partition coefficient (Wildman–Crippen LogP) is 1.09. The number of rotatable bonds is 3. The Hall–Kier alpha value is -3.49. The number of anilines is 1. The molecule has 0 atom stereocenters. The van der Waals surface area contributed by atoms with Gasteiger partial charge in [-0.25, -0.2) is 4.68 Å². The van der Waals surface area contributed by atoms with Gasteiger partial charge in [-0.3, -0.25) is 19.7 Å². The molecule has 0 spiro atoms. The molecular formula is C17H19N5O4. The number of hydrogen-bond donors (Lipinski definition) is 2. The highest BCUT2D eigenvalue weighted by Crippen LogP contribution is 2.13. The summed E-state index contributed by atoms with van der Waals surface area (Å²) in [6, 6.07) is 8.80. The summed E-state index contributed by atoms with van der Waals surface area (Å²) in [4.78, 5) is 36.9. The van der Waals surface area contributed by atoms with Gasteiger partial charge in [0.15, 0.2) is 5.43 Å². The maximum absolute atomic E-state index is 12.3. The molecule has 2 heterocycles. The van der Waals surface area contributed by atoms with E-state index < -0.39 is 0 Å². The van der Waals surface area contributed by atoms with E-state index >= 15 is 0 Å². The summed E-state index contributed by atoms with van der Waals surface area (Å²) in [5, 5.41) is 14.3. The minimum Gasteiger partial charge on any atom is -0.483 e. The SMILES string of the molecule is Cc1nc(NC(=O)Cn2c(C)cc(=O)c3ccccc32)n(C)n1.O=CO. The average Bonchev–Trinajstić information content (AvgIpc) is 2.89. The second-order valence-corrected chi connectivity index (χ2v) is 5.51. The van der Waals surface area contributed by atoms with Crippen LogP contribution >= 0.6 is 0 Å². The maximum Gasteiger partial charge on any atom is 0.290 e. The van der Waals surface area contributed by atoms with Gasteiger partial charge in [0.05, 0.1) is 5.52 Å². The molecule has 9 nitrogen and oxygen atoms in total. The third kappa shape index (κ3) is 4.12. The number of carbonyl (C=O) groups is 2. The monoisotopic (exact) mass is 357 g/mol. The average molecular weight is 357 g/mol. The zero-order valence-electron chi connectivity index (χ0n) is 14.6. The van der Waals surface area contributed by atoms with Crippen molar-refractivity contribution >= 4 is 29.2 Å². The van der Waals surface area contributed by atoms with Crippen molar-refractivity contribution in [1.82, 2.24) is 19.3 Å². The molecule has 0 aliphatic carbocycles. The Kier molecular flexibility index (Phi) is 5.84. The quantitative estimate of drug-likeness (QED) is 0.677. The molecule has 0 aliphatic heterocycles. The van der Waals surface area contributed by atoms with Crippen LogP contribution in [0.2, 0.25) is 0 Å². The first-order chi connectivity index (χ1) is 12.4. The van der Waals surface area contributed by atoms with Gasteiger partial charge in [0.1, 0.15) is 12.4 Å². The minimum atomic E-state index is -0.250. The number of pyridine rings is 1. The van der Waals surface area contributed by atoms with E-state index in [1.165, 1.54) is 4.68 Å². The summed E-state index contributed by atoms with van der Waals surface area (Å²) in [5.41, 5.74) is 1.43. The number of amides is 1. The van der Waals surface area contributed by atoms with Gasteiger partial charge in [0.2, 0.25) is 11.9 Å². The standard InChI is InChI=1S/C16H17N5O2.CH2O2/c1-10-8-14(22)12-6-4-5-7-13(12)21(10)9-15(23)18-16-17-11(2)19-20(16)3;2-1-3/h4-8H,9H2,1-3H3,(H,17,18,19,23);1H,(H,2,3). The zero-order valence-corrected chi connectivity index (χ0v) is 14.6. The highest BCUT2D eigenvalue weighted by atomic mass is 16.3. The van der Waals surface area contributed by atoms with E-state index in [-0.39, 0.29) is 24.4 Å². The molecule has 0 bridgehead atoms. The molecule has 2 aromatic heterocycles. The normalized spacial score (nSPS) is 10.1. The number of hydrogen-bond acceptors (Lipinski definition) is 5. The third-order valence-corrected chi connectivity index (χ3v) is 3.65. The molecule has 0 aliphatic rings. The van der Waals surface area contributed by atoms with Crippen LogP contribution in [0.5, 0.6) is 0 Å². The summed E-state index contributed by atoms with van der Waals surface area (Å²) >= 11 is 0. The van der Waals surface area contributed by atoms with Gasteiger partial charge in [-0.2, -0.15) is 10.1 Å². The van der Waals surface area contributed by atoms with Gasteiger partial charge in [-0.1, -0.05) is 12.1 Å². The molecule has 1 aromatic carbocycles. The highest BCUT2D eigenvalue weighted by Gasteiger charge is 2.12. The van der Waals surface area contributed by atoms with Crippen molar-refractivity contribution in [3.8, 4) is 0 Å². The number of aryl methyl sites for hydroxylation is 3. The smallest absolute Gasteiger partial charge is 0.290 e. The van der Waals surface area contributed by atoms with E-state index in [1.54, 1.807) is 26.1 Å². The number of carbonyl (C=O) groups excluding carboxylic acids is 1. The van der Waals surface area contributed by atoms with Gasteiger partial charge in [0, 0.05) is 24.2 Å².